The molecule has 0 aromatic carbocycles. The van der Waals surface area contributed by atoms with Crippen molar-refractivity contribution in [1.82, 2.24) is 4.23 Å². The fourth-order valence-corrected chi connectivity index (χ4v) is 17.7. The predicted molar refractivity (Wildman–Crippen MR) is 65.5 cm³/mol. The molecule has 2 aliphatic rings. The maximum atomic E-state index is 11.2. The summed E-state index contributed by atoms with van der Waals surface area (Å²) in [6.45, 7) is 9.67. The second kappa shape index (κ2) is 3.43. The minimum absolute atomic E-state index is 0.00139. The number of carbonyl (C=O) groups excluding carboxylic acids is 1. The van der Waals surface area contributed by atoms with Gasteiger partial charge < -0.3 is 8.97 Å². The summed E-state index contributed by atoms with van der Waals surface area (Å²) in [5.74, 6) is 0.00139. The van der Waals surface area contributed by atoms with E-state index in [1.54, 1.807) is 0 Å². The number of ether oxygens (including phenoxy) is 1. The van der Waals surface area contributed by atoms with E-state index in [2.05, 4.69) is 30.4 Å². The lowest BCUT2D eigenvalue weighted by Crippen LogP contribution is -2.59. The fraction of sp³-hybridized carbons (Fsp3) is 0.900. The van der Waals surface area contributed by atoms with Gasteiger partial charge in [0.05, 0.1) is 6.42 Å². The van der Waals surface area contributed by atoms with Gasteiger partial charge in [-0.25, -0.2) is 0 Å². The lowest BCUT2D eigenvalue weighted by Gasteiger charge is -2.42. The SMILES string of the molecule is C[Si]1(C)CC[Si](C)(C)N1C1CCC(=O)O1. The van der Waals surface area contributed by atoms with Gasteiger partial charge in [-0.15, -0.1) is 0 Å². The Morgan fingerprint density at radius 2 is 1.73 bits per heavy atom. The first-order valence-electron chi connectivity index (χ1n) is 5.82. The Labute approximate surface area is 94.0 Å². The molecule has 2 fully saturated rings. The van der Waals surface area contributed by atoms with E-state index in [4.69, 9.17) is 4.74 Å². The van der Waals surface area contributed by atoms with Crippen molar-refractivity contribution < 1.29 is 9.53 Å². The van der Waals surface area contributed by atoms with Crippen LogP contribution >= 0.6 is 0 Å². The molecule has 0 radical (unpaired) electrons. The Hall–Kier alpha value is -0.136. The van der Waals surface area contributed by atoms with E-state index in [1.807, 2.05) is 0 Å². The van der Waals surface area contributed by atoms with Crippen LogP contribution in [0.3, 0.4) is 0 Å². The molecule has 5 heteroatoms. The number of hydrogen-bond donors (Lipinski definition) is 0. The van der Waals surface area contributed by atoms with Gasteiger partial charge in [-0.05, 0) is 12.1 Å². The molecule has 0 N–H and O–H groups in total. The molecule has 3 nitrogen and oxygen atoms in total. The summed E-state index contributed by atoms with van der Waals surface area (Å²) in [6.07, 6.45) is 1.67. The Kier molecular flexibility index (Phi) is 2.60. The molecule has 1 atom stereocenters. The van der Waals surface area contributed by atoms with Crippen LogP contribution in [-0.4, -0.2) is 32.9 Å². The van der Waals surface area contributed by atoms with Crippen LogP contribution in [0.1, 0.15) is 12.8 Å². The minimum atomic E-state index is -1.28. The predicted octanol–water partition coefficient (Wildman–Crippen LogP) is 2.38. The molecule has 0 aliphatic carbocycles. The number of carbonyl (C=O) groups is 1. The third kappa shape index (κ3) is 1.92. The Morgan fingerprint density at radius 1 is 1.20 bits per heavy atom. The van der Waals surface area contributed by atoms with Crippen LogP contribution in [0, 0.1) is 0 Å². The van der Waals surface area contributed by atoms with Crippen LogP contribution in [0.5, 0.6) is 0 Å². The van der Waals surface area contributed by atoms with Gasteiger partial charge >= 0.3 is 5.97 Å². The van der Waals surface area contributed by atoms with E-state index in [0.29, 0.717) is 6.42 Å². The zero-order valence-electron chi connectivity index (χ0n) is 10.2. The first kappa shape index (κ1) is 11.4. The van der Waals surface area contributed by atoms with Gasteiger partial charge in [-0.2, -0.15) is 0 Å². The van der Waals surface area contributed by atoms with Crippen molar-refractivity contribution in [2.45, 2.75) is 57.3 Å². The minimum Gasteiger partial charge on any atom is -0.448 e. The normalized spacial score (nSPS) is 34.4. The van der Waals surface area contributed by atoms with Crippen molar-refractivity contribution in [3.63, 3.8) is 0 Å². The van der Waals surface area contributed by atoms with Crippen molar-refractivity contribution in [2.75, 3.05) is 0 Å². The number of esters is 1. The Bertz CT molecular complexity index is 275. The van der Waals surface area contributed by atoms with Crippen LogP contribution in [0.4, 0.5) is 0 Å². The van der Waals surface area contributed by atoms with Gasteiger partial charge in [0.15, 0.2) is 0 Å². The number of rotatable bonds is 1. The first-order chi connectivity index (χ1) is 6.83. The number of cyclic esters (lactones) is 1. The molecule has 2 heterocycles. The Morgan fingerprint density at radius 3 is 2.13 bits per heavy atom. The van der Waals surface area contributed by atoms with E-state index in [1.165, 1.54) is 12.1 Å². The topological polar surface area (TPSA) is 29.5 Å². The van der Waals surface area contributed by atoms with E-state index in [0.717, 1.165) is 6.42 Å². The molecule has 86 valence electrons. The smallest absolute Gasteiger partial charge is 0.307 e. The summed E-state index contributed by atoms with van der Waals surface area (Å²) in [7, 11) is -2.56. The van der Waals surface area contributed by atoms with Crippen molar-refractivity contribution >= 4 is 22.4 Å². The third-order valence-corrected chi connectivity index (χ3v) is 14.1. The van der Waals surface area contributed by atoms with E-state index < -0.39 is 16.5 Å². The van der Waals surface area contributed by atoms with Crippen molar-refractivity contribution in [3.8, 4) is 0 Å². The van der Waals surface area contributed by atoms with Gasteiger partial charge in [0.1, 0.15) is 22.7 Å². The van der Waals surface area contributed by atoms with Crippen molar-refractivity contribution in [2.24, 2.45) is 0 Å². The molecule has 2 saturated heterocycles. The van der Waals surface area contributed by atoms with Crippen molar-refractivity contribution in [3.05, 3.63) is 0 Å². The summed E-state index contributed by atoms with van der Waals surface area (Å²) < 4.78 is 8.14. The van der Waals surface area contributed by atoms with Crippen LogP contribution in [0.15, 0.2) is 0 Å². The molecular formula is C10H21NO2Si2. The van der Waals surface area contributed by atoms with Gasteiger partial charge in [0.25, 0.3) is 0 Å². The highest BCUT2D eigenvalue weighted by Gasteiger charge is 2.52. The van der Waals surface area contributed by atoms with E-state index in [-0.39, 0.29) is 12.2 Å². The average molecular weight is 243 g/mol. The molecule has 1 unspecified atom stereocenters. The highest BCUT2D eigenvalue weighted by molar-refractivity contribution is 6.95. The average Bonchev–Trinajstić information content (AvgIpc) is 2.55. The molecule has 0 aromatic rings. The molecule has 0 spiro atoms. The monoisotopic (exact) mass is 243 g/mol. The maximum Gasteiger partial charge on any atom is 0.307 e. The molecule has 0 bridgehead atoms. The lowest BCUT2D eigenvalue weighted by atomic mass is 10.3. The van der Waals surface area contributed by atoms with Crippen molar-refractivity contribution in [1.29, 1.82) is 0 Å². The van der Waals surface area contributed by atoms with Crippen LogP contribution < -0.4 is 0 Å². The molecule has 0 aromatic heterocycles. The quantitative estimate of drug-likeness (QED) is 0.523. The van der Waals surface area contributed by atoms with E-state index in [9.17, 15) is 4.79 Å². The summed E-state index contributed by atoms with van der Waals surface area (Å²) >= 11 is 0. The lowest BCUT2D eigenvalue weighted by molar-refractivity contribution is -0.143. The maximum absolute atomic E-state index is 11.2. The van der Waals surface area contributed by atoms with Gasteiger partial charge in [0.2, 0.25) is 0 Å². The standard InChI is InChI=1S/C10H21NO2Si2/c1-14(2)7-8-15(3,4)11(14)9-5-6-10(12)13-9/h9H,5-8H2,1-4H3. The highest BCUT2D eigenvalue weighted by atomic mass is 28.4. The largest absolute Gasteiger partial charge is 0.448 e. The summed E-state index contributed by atoms with van der Waals surface area (Å²) in [6, 6.07) is 2.75. The van der Waals surface area contributed by atoms with Gasteiger partial charge in [-0.3, -0.25) is 4.79 Å². The van der Waals surface area contributed by atoms with Crippen LogP contribution in [-0.2, 0) is 9.53 Å². The zero-order valence-corrected chi connectivity index (χ0v) is 12.2. The highest BCUT2D eigenvalue weighted by Crippen LogP contribution is 2.40. The van der Waals surface area contributed by atoms with E-state index >= 15 is 0 Å². The second-order valence-corrected chi connectivity index (χ2v) is 15.6. The van der Waals surface area contributed by atoms with Gasteiger partial charge in [-0.1, -0.05) is 26.2 Å². The molecule has 2 aliphatic heterocycles. The Balaban J connectivity index is 2.21. The molecular weight excluding hydrogens is 222 g/mol. The summed E-state index contributed by atoms with van der Waals surface area (Å²) in [4.78, 5) is 11.2. The third-order valence-electron chi connectivity index (χ3n) is 3.80. The van der Waals surface area contributed by atoms with Crippen LogP contribution in [0.2, 0.25) is 38.3 Å². The zero-order chi connectivity index (χ0) is 11.3. The molecule has 2 rings (SSSR count). The number of hydrogen-bond acceptors (Lipinski definition) is 3. The number of nitrogens with zero attached hydrogens (tertiary/aromatic N) is 1. The van der Waals surface area contributed by atoms with Crippen LogP contribution in [0.25, 0.3) is 0 Å². The fourth-order valence-electron chi connectivity index (χ4n) is 3.14. The molecule has 0 amide bonds. The molecule has 15 heavy (non-hydrogen) atoms. The first-order valence-corrected chi connectivity index (χ1v) is 12.1. The second-order valence-electron chi connectivity index (χ2n) is 5.98. The molecule has 0 saturated carbocycles. The summed E-state index contributed by atoms with van der Waals surface area (Å²) in [5.41, 5.74) is 0. The van der Waals surface area contributed by atoms with Gasteiger partial charge in [0, 0.05) is 6.42 Å². The summed E-state index contributed by atoms with van der Waals surface area (Å²) in [5, 5.41) is 0.